The first-order valence-electron chi connectivity index (χ1n) is 7.22. The highest BCUT2D eigenvalue weighted by Gasteiger charge is 2.09. The third kappa shape index (κ3) is 4.01. The molecule has 0 unspecified atom stereocenters. The van der Waals surface area contributed by atoms with E-state index in [1.807, 2.05) is 19.1 Å². The van der Waals surface area contributed by atoms with Crippen LogP contribution in [-0.4, -0.2) is 15.8 Å². The Morgan fingerprint density at radius 3 is 2.72 bits per heavy atom. The van der Waals surface area contributed by atoms with Gasteiger partial charge >= 0.3 is 0 Å². The van der Waals surface area contributed by atoms with Crippen LogP contribution in [-0.2, 0) is 4.79 Å². The molecular formula is C17H12ClN3O3S. The molecule has 6 nitrogen and oxygen atoms in total. The van der Waals surface area contributed by atoms with Crippen molar-refractivity contribution in [1.29, 1.82) is 0 Å². The van der Waals surface area contributed by atoms with Crippen molar-refractivity contribution in [1.82, 2.24) is 4.98 Å². The number of carbonyl (C=O) groups excluding carboxylic acids is 1. The lowest BCUT2D eigenvalue weighted by molar-refractivity contribution is -0.384. The number of nitro benzene ring substituents is 1. The molecule has 1 amide bonds. The topological polar surface area (TPSA) is 85.1 Å². The summed E-state index contributed by atoms with van der Waals surface area (Å²) in [6.45, 7) is 1.91. The van der Waals surface area contributed by atoms with Crippen LogP contribution in [0, 0.1) is 17.0 Å². The molecule has 0 fully saturated rings. The van der Waals surface area contributed by atoms with E-state index < -0.39 is 4.92 Å². The van der Waals surface area contributed by atoms with Gasteiger partial charge in [0.15, 0.2) is 5.13 Å². The van der Waals surface area contributed by atoms with Crippen LogP contribution in [0.5, 0.6) is 0 Å². The largest absolute Gasteiger partial charge is 0.298 e. The quantitative estimate of drug-likeness (QED) is 0.403. The Morgan fingerprint density at radius 2 is 2.04 bits per heavy atom. The lowest BCUT2D eigenvalue weighted by Gasteiger charge is -1.96. The Balaban J connectivity index is 1.71. The molecule has 0 bridgehead atoms. The number of nitrogens with one attached hydrogen (secondary N) is 1. The van der Waals surface area contributed by atoms with Gasteiger partial charge in [0, 0.05) is 23.2 Å². The first-order chi connectivity index (χ1) is 11.9. The number of anilines is 1. The fourth-order valence-electron chi connectivity index (χ4n) is 2.23. The zero-order valence-corrected chi connectivity index (χ0v) is 14.6. The molecule has 0 saturated heterocycles. The minimum absolute atomic E-state index is 0.00473. The molecule has 126 valence electrons. The maximum absolute atomic E-state index is 12.0. The lowest BCUT2D eigenvalue weighted by Crippen LogP contribution is -2.07. The average Bonchev–Trinajstić information content (AvgIpc) is 2.96. The SMILES string of the molecule is Cc1cc(Cl)cc2sc(NC(=O)C=Cc3ccc([N+](=O)[O-])cc3)nc12. The van der Waals surface area contributed by atoms with E-state index in [0.29, 0.717) is 15.7 Å². The summed E-state index contributed by atoms with van der Waals surface area (Å²) in [4.78, 5) is 26.6. The molecule has 0 atom stereocenters. The third-order valence-corrected chi connectivity index (χ3v) is 4.55. The number of carbonyl (C=O) groups is 1. The number of hydrogen-bond acceptors (Lipinski definition) is 5. The maximum Gasteiger partial charge on any atom is 0.269 e. The number of nitro groups is 1. The van der Waals surface area contributed by atoms with Gasteiger partial charge in [0.1, 0.15) is 0 Å². The van der Waals surface area contributed by atoms with Crippen LogP contribution in [0.1, 0.15) is 11.1 Å². The number of thiazole rings is 1. The summed E-state index contributed by atoms with van der Waals surface area (Å²) in [5.41, 5.74) is 2.45. The number of nitrogens with zero attached hydrogens (tertiary/aromatic N) is 2. The van der Waals surface area contributed by atoms with Gasteiger partial charge in [0.05, 0.1) is 15.1 Å². The second-order valence-corrected chi connectivity index (χ2v) is 6.73. The zero-order valence-electron chi connectivity index (χ0n) is 13.0. The minimum atomic E-state index is -0.471. The first-order valence-corrected chi connectivity index (χ1v) is 8.42. The van der Waals surface area contributed by atoms with E-state index in [0.717, 1.165) is 15.8 Å². The van der Waals surface area contributed by atoms with Crippen molar-refractivity contribution in [2.75, 3.05) is 5.32 Å². The van der Waals surface area contributed by atoms with E-state index in [-0.39, 0.29) is 11.6 Å². The molecule has 1 heterocycles. The number of halogens is 1. The molecule has 3 aromatic rings. The summed E-state index contributed by atoms with van der Waals surface area (Å²) in [6, 6.07) is 9.55. The fraction of sp³-hybridized carbons (Fsp3) is 0.0588. The molecule has 0 aliphatic rings. The summed E-state index contributed by atoms with van der Waals surface area (Å²) in [7, 11) is 0. The third-order valence-electron chi connectivity index (χ3n) is 3.41. The Labute approximate surface area is 151 Å². The summed E-state index contributed by atoms with van der Waals surface area (Å²) < 4.78 is 0.902. The minimum Gasteiger partial charge on any atom is -0.298 e. The maximum atomic E-state index is 12.0. The number of rotatable bonds is 4. The molecule has 0 aliphatic carbocycles. The van der Waals surface area contributed by atoms with Crippen LogP contribution in [0.3, 0.4) is 0 Å². The van der Waals surface area contributed by atoms with Crippen molar-refractivity contribution in [3.8, 4) is 0 Å². The summed E-state index contributed by atoms with van der Waals surface area (Å²) >= 11 is 7.37. The van der Waals surface area contributed by atoms with Gasteiger partial charge in [0.2, 0.25) is 5.91 Å². The average molecular weight is 374 g/mol. The molecular weight excluding hydrogens is 362 g/mol. The van der Waals surface area contributed by atoms with Gasteiger partial charge in [-0.05, 0) is 48.4 Å². The van der Waals surface area contributed by atoms with Gasteiger partial charge in [0.25, 0.3) is 5.69 Å². The van der Waals surface area contributed by atoms with Crippen LogP contribution >= 0.6 is 22.9 Å². The predicted molar refractivity (Wildman–Crippen MR) is 100 cm³/mol. The summed E-state index contributed by atoms with van der Waals surface area (Å²) in [5, 5.41) is 14.4. The molecule has 0 spiro atoms. The molecule has 0 saturated carbocycles. The van der Waals surface area contributed by atoms with E-state index >= 15 is 0 Å². The van der Waals surface area contributed by atoms with Crippen LogP contribution in [0.25, 0.3) is 16.3 Å². The van der Waals surface area contributed by atoms with Gasteiger partial charge < -0.3 is 0 Å². The molecule has 0 radical (unpaired) electrons. The molecule has 1 aromatic heterocycles. The van der Waals surface area contributed by atoms with Crippen molar-refractivity contribution < 1.29 is 9.72 Å². The number of aromatic nitrogens is 1. The first kappa shape index (κ1) is 17.1. The number of benzene rings is 2. The Kier molecular flexibility index (Phi) is 4.78. The lowest BCUT2D eigenvalue weighted by atomic mass is 10.2. The van der Waals surface area contributed by atoms with E-state index in [9.17, 15) is 14.9 Å². The Morgan fingerprint density at radius 1 is 1.32 bits per heavy atom. The number of amides is 1. The zero-order chi connectivity index (χ0) is 18.0. The van der Waals surface area contributed by atoms with Crippen molar-refractivity contribution in [3.63, 3.8) is 0 Å². The van der Waals surface area contributed by atoms with Crippen molar-refractivity contribution in [3.05, 3.63) is 68.7 Å². The highest BCUT2D eigenvalue weighted by molar-refractivity contribution is 7.22. The summed E-state index contributed by atoms with van der Waals surface area (Å²) in [5.74, 6) is -0.332. The van der Waals surface area contributed by atoms with Gasteiger partial charge in [-0.2, -0.15) is 0 Å². The predicted octanol–water partition coefficient (Wildman–Crippen LogP) is 4.82. The molecule has 1 N–H and O–H groups in total. The van der Waals surface area contributed by atoms with Crippen molar-refractivity contribution >= 4 is 56.0 Å². The van der Waals surface area contributed by atoms with E-state index in [1.54, 1.807) is 18.2 Å². The normalized spacial score (nSPS) is 11.1. The van der Waals surface area contributed by atoms with Crippen molar-refractivity contribution in [2.24, 2.45) is 0 Å². The number of hydrogen-bond donors (Lipinski definition) is 1. The van der Waals surface area contributed by atoms with E-state index in [1.165, 1.54) is 29.5 Å². The van der Waals surface area contributed by atoms with Crippen LogP contribution in [0.4, 0.5) is 10.8 Å². The van der Waals surface area contributed by atoms with Gasteiger partial charge in [-0.25, -0.2) is 4.98 Å². The van der Waals surface area contributed by atoms with Crippen molar-refractivity contribution in [2.45, 2.75) is 6.92 Å². The molecule has 3 rings (SSSR count). The van der Waals surface area contributed by atoms with Crippen LogP contribution in [0.15, 0.2) is 42.5 Å². The second-order valence-electron chi connectivity index (χ2n) is 5.26. The summed E-state index contributed by atoms with van der Waals surface area (Å²) in [6.07, 6.45) is 2.93. The molecule has 25 heavy (non-hydrogen) atoms. The molecule has 2 aromatic carbocycles. The number of aryl methyl sites for hydroxylation is 1. The Bertz CT molecular complexity index is 996. The second kappa shape index (κ2) is 7.00. The smallest absolute Gasteiger partial charge is 0.269 e. The molecule has 0 aliphatic heterocycles. The van der Waals surface area contributed by atoms with Crippen LogP contribution < -0.4 is 5.32 Å². The monoisotopic (exact) mass is 373 g/mol. The fourth-order valence-corrected chi connectivity index (χ4v) is 3.56. The van der Waals surface area contributed by atoms with Gasteiger partial charge in [-0.3, -0.25) is 20.2 Å². The molecule has 8 heteroatoms. The van der Waals surface area contributed by atoms with Crippen LogP contribution in [0.2, 0.25) is 5.02 Å². The van der Waals surface area contributed by atoms with Gasteiger partial charge in [-0.15, -0.1) is 0 Å². The van der Waals surface area contributed by atoms with Gasteiger partial charge in [-0.1, -0.05) is 22.9 Å². The van der Waals surface area contributed by atoms with E-state index in [2.05, 4.69) is 10.3 Å². The standard InChI is InChI=1S/C17H12ClN3O3S/c1-10-8-12(18)9-14-16(10)20-17(25-14)19-15(22)7-4-11-2-5-13(6-3-11)21(23)24/h2-9H,1H3,(H,19,20,22). The van der Waals surface area contributed by atoms with E-state index in [4.69, 9.17) is 11.6 Å². The number of non-ortho nitro benzene ring substituents is 1. The highest BCUT2D eigenvalue weighted by atomic mass is 35.5. The highest BCUT2D eigenvalue weighted by Crippen LogP contribution is 2.30. The Hall–Kier alpha value is -2.77. The number of fused-ring (bicyclic) bond motifs is 1.